The molecule has 1 aliphatic rings. The summed E-state index contributed by atoms with van der Waals surface area (Å²) < 4.78 is 17.3. The third-order valence-electron chi connectivity index (χ3n) is 4.34. The van der Waals surface area contributed by atoms with E-state index in [1.165, 1.54) is 0 Å². The van der Waals surface area contributed by atoms with E-state index in [1.54, 1.807) is 0 Å². The second kappa shape index (κ2) is 8.56. The van der Waals surface area contributed by atoms with Crippen molar-refractivity contribution in [3.05, 3.63) is 71.8 Å². The lowest BCUT2D eigenvalue weighted by Crippen LogP contribution is -2.58. The van der Waals surface area contributed by atoms with E-state index in [2.05, 4.69) is 0 Å². The van der Waals surface area contributed by atoms with Crippen LogP contribution in [0.15, 0.2) is 60.7 Å². The van der Waals surface area contributed by atoms with Gasteiger partial charge in [-0.2, -0.15) is 0 Å². The van der Waals surface area contributed by atoms with E-state index in [0.717, 1.165) is 11.1 Å². The van der Waals surface area contributed by atoms with Gasteiger partial charge in [0, 0.05) is 0 Å². The van der Waals surface area contributed by atoms with E-state index in [-0.39, 0.29) is 0 Å². The molecule has 134 valence electrons. The Morgan fingerprint density at radius 3 is 1.80 bits per heavy atom. The van der Waals surface area contributed by atoms with Gasteiger partial charge in [0.25, 0.3) is 0 Å². The maximum absolute atomic E-state index is 10.3. The van der Waals surface area contributed by atoms with Crippen LogP contribution in [-0.4, -0.2) is 40.9 Å². The number of hydrogen-bond donors (Lipinski definition) is 2. The van der Waals surface area contributed by atoms with Crippen molar-refractivity contribution in [1.82, 2.24) is 0 Å². The van der Waals surface area contributed by atoms with Crippen molar-refractivity contribution in [3.63, 3.8) is 0 Å². The first kappa shape index (κ1) is 18.0. The molecule has 1 saturated heterocycles. The van der Waals surface area contributed by atoms with Crippen LogP contribution in [0.5, 0.6) is 0 Å². The van der Waals surface area contributed by atoms with Gasteiger partial charge in [-0.15, -0.1) is 0 Å². The Kier molecular flexibility index (Phi) is 6.18. The SMILES string of the molecule is C[C@H]1O[C@H](O)[C@@H](O)[C@@H](OCc2ccccc2)[C@@H]1OCc1ccccc1. The summed E-state index contributed by atoms with van der Waals surface area (Å²) in [5, 5.41) is 20.2. The van der Waals surface area contributed by atoms with Gasteiger partial charge in [0.05, 0.1) is 19.3 Å². The molecule has 25 heavy (non-hydrogen) atoms. The number of aliphatic hydroxyl groups excluding tert-OH is 2. The lowest BCUT2D eigenvalue weighted by Gasteiger charge is -2.41. The van der Waals surface area contributed by atoms with Crippen molar-refractivity contribution in [2.75, 3.05) is 0 Å². The minimum Gasteiger partial charge on any atom is -0.385 e. The molecular formula is C20H24O5. The first-order valence-corrected chi connectivity index (χ1v) is 8.48. The van der Waals surface area contributed by atoms with Crippen molar-refractivity contribution >= 4 is 0 Å². The normalized spacial score (nSPS) is 29.5. The number of hydrogen-bond acceptors (Lipinski definition) is 5. The van der Waals surface area contributed by atoms with E-state index in [0.29, 0.717) is 13.2 Å². The van der Waals surface area contributed by atoms with E-state index in [1.807, 2.05) is 67.6 Å². The summed E-state index contributed by atoms with van der Waals surface area (Å²) in [5.41, 5.74) is 2.02. The van der Waals surface area contributed by atoms with Gasteiger partial charge in [-0.3, -0.25) is 0 Å². The van der Waals surface area contributed by atoms with Gasteiger partial charge in [-0.1, -0.05) is 60.7 Å². The van der Waals surface area contributed by atoms with Crippen molar-refractivity contribution in [2.24, 2.45) is 0 Å². The fourth-order valence-electron chi connectivity index (χ4n) is 2.96. The van der Waals surface area contributed by atoms with E-state index < -0.39 is 30.7 Å². The summed E-state index contributed by atoms with van der Waals surface area (Å²) in [4.78, 5) is 0. The molecule has 0 bridgehead atoms. The van der Waals surface area contributed by atoms with Gasteiger partial charge < -0.3 is 24.4 Å². The largest absolute Gasteiger partial charge is 0.385 e. The molecule has 2 aromatic rings. The minimum absolute atomic E-state index is 0.327. The summed E-state index contributed by atoms with van der Waals surface area (Å²) >= 11 is 0. The number of ether oxygens (including phenoxy) is 3. The molecule has 0 radical (unpaired) electrons. The van der Waals surface area contributed by atoms with Gasteiger partial charge in [0.2, 0.25) is 0 Å². The summed E-state index contributed by atoms with van der Waals surface area (Å²) in [6.45, 7) is 2.52. The summed E-state index contributed by atoms with van der Waals surface area (Å²) in [7, 11) is 0. The lowest BCUT2D eigenvalue weighted by molar-refractivity contribution is -0.297. The standard InChI is InChI=1S/C20H24O5/c1-14-18(23-12-15-8-4-2-5-9-15)19(17(21)20(22)25-14)24-13-16-10-6-3-7-11-16/h2-11,14,17-22H,12-13H2,1H3/t14-,17+,18-,19-,20+/m1/s1. The van der Waals surface area contributed by atoms with Crippen LogP contribution in [0.2, 0.25) is 0 Å². The molecule has 0 aromatic heterocycles. The average molecular weight is 344 g/mol. The Hall–Kier alpha value is -1.76. The molecule has 5 atom stereocenters. The second-order valence-corrected chi connectivity index (χ2v) is 6.24. The molecule has 1 fully saturated rings. The van der Waals surface area contributed by atoms with Gasteiger partial charge in [0.1, 0.15) is 18.3 Å². The Bertz CT molecular complexity index is 633. The van der Waals surface area contributed by atoms with Crippen molar-refractivity contribution in [3.8, 4) is 0 Å². The zero-order valence-corrected chi connectivity index (χ0v) is 14.2. The molecule has 0 saturated carbocycles. The van der Waals surface area contributed by atoms with Crippen LogP contribution in [0.3, 0.4) is 0 Å². The molecule has 1 aliphatic heterocycles. The first-order valence-electron chi connectivity index (χ1n) is 8.48. The molecule has 5 nitrogen and oxygen atoms in total. The summed E-state index contributed by atoms with van der Waals surface area (Å²) in [6, 6.07) is 19.5. The Morgan fingerprint density at radius 2 is 1.28 bits per heavy atom. The van der Waals surface area contributed by atoms with E-state index in [4.69, 9.17) is 14.2 Å². The highest BCUT2D eigenvalue weighted by molar-refractivity contribution is 5.14. The smallest absolute Gasteiger partial charge is 0.183 e. The van der Waals surface area contributed by atoms with E-state index in [9.17, 15) is 10.2 Å². The van der Waals surface area contributed by atoms with Crippen molar-refractivity contribution < 1.29 is 24.4 Å². The van der Waals surface area contributed by atoms with Crippen LogP contribution in [0.1, 0.15) is 18.1 Å². The fraction of sp³-hybridized carbons (Fsp3) is 0.400. The van der Waals surface area contributed by atoms with Crippen LogP contribution >= 0.6 is 0 Å². The maximum atomic E-state index is 10.3. The number of rotatable bonds is 6. The zero-order chi connectivity index (χ0) is 17.6. The zero-order valence-electron chi connectivity index (χ0n) is 14.2. The van der Waals surface area contributed by atoms with Gasteiger partial charge in [0.15, 0.2) is 6.29 Å². The Morgan fingerprint density at radius 1 is 0.800 bits per heavy atom. The molecule has 5 heteroatoms. The molecule has 0 aliphatic carbocycles. The van der Waals surface area contributed by atoms with Crippen molar-refractivity contribution in [1.29, 1.82) is 0 Å². The monoisotopic (exact) mass is 344 g/mol. The van der Waals surface area contributed by atoms with Gasteiger partial charge >= 0.3 is 0 Å². The van der Waals surface area contributed by atoms with Gasteiger partial charge in [-0.05, 0) is 18.1 Å². The van der Waals surface area contributed by atoms with Crippen molar-refractivity contribution in [2.45, 2.75) is 50.8 Å². The molecule has 3 rings (SSSR count). The topological polar surface area (TPSA) is 68.2 Å². The molecule has 0 unspecified atom stereocenters. The van der Waals surface area contributed by atoms with Crippen LogP contribution in [0, 0.1) is 0 Å². The Labute approximate surface area is 147 Å². The highest BCUT2D eigenvalue weighted by atomic mass is 16.7. The quantitative estimate of drug-likeness (QED) is 0.841. The first-order chi connectivity index (χ1) is 12.1. The maximum Gasteiger partial charge on any atom is 0.183 e. The number of benzene rings is 2. The lowest BCUT2D eigenvalue weighted by atomic mass is 9.99. The van der Waals surface area contributed by atoms with E-state index >= 15 is 0 Å². The predicted molar refractivity (Wildman–Crippen MR) is 92.6 cm³/mol. The molecule has 1 heterocycles. The van der Waals surface area contributed by atoms with Gasteiger partial charge in [-0.25, -0.2) is 0 Å². The second-order valence-electron chi connectivity index (χ2n) is 6.24. The Balaban J connectivity index is 1.67. The van der Waals surface area contributed by atoms with Crippen LogP contribution in [-0.2, 0) is 27.4 Å². The fourth-order valence-corrected chi connectivity index (χ4v) is 2.96. The third-order valence-corrected chi connectivity index (χ3v) is 4.34. The average Bonchev–Trinajstić information content (AvgIpc) is 2.64. The highest BCUT2D eigenvalue weighted by Gasteiger charge is 2.44. The molecule has 0 amide bonds. The highest BCUT2D eigenvalue weighted by Crippen LogP contribution is 2.26. The molecule has 2 N–H and O–H groups in total. The molecular weight excluding hydrogens is 320 g/mol. The minimum atomic E-state index is -1.28. The summed E-state index contributed by atoms with van der Waals surface area (Å²) in [6.07, 6.45) is -4.01. The van der Waals surface area contributed by atoms with Crippen LogP contribution in [0.25, 0.3) is 0 Å². The third kappa shape index (κ3) is 4.66. The predicted octanol–water partition coefficient (Wildman–Crippen LogP) is 2.26. The number of aliphatic hydroxyl groups is 2. The van der Waals surface area contributed by atoms with Crippen LogP contribution in [0.4, 0.5) is 0 Å². The summed E-state index contributed by atoms with van der Waals surface area (Å²) in [5.74, 6) is 0. The molecule has 2 aromatic carbocycles. The van der Waals surface area contributed by atoms with Crippen LogP contribution < -0.4 is 0 Å². The molecule has 0 spiro atoms.